The zero-order chi connectivity index (χ0) is 19.4. The first-order valence-corrected chi connectivity index (χ1v) is 8.61. The van der Waals surface area contributed by atoms with E-state index < -0.39 is 18.0 Å². The average Bonchev–Trinajstić information content (AvgIpc) is 2.66. The van der Waals surface area contributed by atoms with Gasteiger partial charge in [0.1, 0.15) is 13.2 Å². The highest BCUT2D eigenvalue weighted by molar-refractivity contribution is 6.30. The van der Waals surface area contributed by atoms with Gasteiger partial charge in [-0.05, 0) is 37.3 Å². The summed E-state index contributed by atoms with van der Waals surface area (Å²) in [6, 6.07) is 9.66. The molecule has 8 heteroatoms. The topological polar surface area (TPSA) is 83.1 Å². The lowest BCUT2D eigenvalue weighted by Crippen LogP contribution is -2.30. The van der Waals surface area contributed by atoms with E-state index in [9.17, 15) is 9.59 Å². The highest BCUT2D eigenvalue weighted by atomic mass is 35.5. The molecule has 0 aromatic heterocycles. The molecule has 0 saturated carbocycles. The Morgan fingerprint density at radius 3 is 2.70 bits per heavy atom. The van der Waals surface area contributed by atoms with Crippen LogP contribution in [0.15, 0.2) is 36.4 Å². The van der Waals surface area contributed by atoms with E-state index in [2.05, 4.69) is 5.32 Å². The molecule has 1 aliphatic heterocycles. The fourth-order valence-corrected chi connectivity index (χ4v) is 2.67. The van der Waals surface area contributed by atoms with Gasteiger partial charge >= 0.3 is 5.97 Å². The number of rotatable bonds is 5. The van der Waals surface area contributed by atoms with Crippen LogP contribution in [0.25, 0.3) is 0 Å². The third-order valence-corrected chi connectivity index (χ3v) is 4.04. The minimum Gasteiger partial charge on any atom is -0.493 e. The molecule has 2 aromatic rings. The van der Waals surface area contributed by atoms with Crippen LogP contribution in [0.2, 0.25) is 5.02 Å². The van der Waals surface area contributed by atoms with E-state index in [1.807, 2.05) is 0 Å². The summed E-state index contributed by atoms with van der Waals surface area (Å²) in [7, 11) is 1.46. The minimum absolute atomic E-state index is 0.193. The van der Waals surface area contributed by atoms with E-state index in [1.54, 1.807) is 24.3 Å². The molecule has 0 spiro atoms. The van der Waals surface area contributed by atoms with E-state index in [-0.39, 0.29) is 5.56 Å². The molecular formula is C19H18ClNO6. The smallest absolute Gasteiger partial charge is 0.339 e. The first-order valence-electron chi connectivity index (χ1n) is 8.23. The van der Waals surface area contributed by atoms with Crippen molar-refractivity contribution in [1.82, 2.24) is 0 Å². The number of carbonyl (C=O) groups is 2. The Bertz CT molecular complexity index is 852. The first kappa shape index (κ1) is 18.8. The summed E-state index contributed by atoms with van der Waals surface area (Å²) in [5, 5.41) is 3.13. The summed E-state index contributed by atoms with van der Waals surface area (Å²) in [5.74, 6) is 0.0277. The molecule has 0 bridgehead atoms. The number of ether oxygens (including phenoxy) is 4. The molecule has 0 saturated heterocycles. The second-order valence-electron chi connectivity index (χ2n) is 5.75. The van der Waals surface area contributed by atoms with Gasteiger partial charge < -0.3 is 24.3 Å². The maximum atomic E-state index is 12.4. The molecule has 142 valence electrons. The van der Waals surface area contributed by atoms with Gasteiger partial charge in [0.25, 0.3) is 5.91 Å². The molecule has 1 N–H and O–H groups in total. The van der Waals surface area contributed by atoms with Crippen molar-refractivity contribution in [3.63, 3.8) is 0 Å². The number of carbonyl (C=O) groups excluding carboxylic acids is 2. The van der Waals surface area contributed by atoms with Crippen molar-refractivity contribution >= 4 is 29.2 Å². The number of amides is 1. The second kappa shape index (κ2) is 8.18. The quantitative estimate of drug-likeness (QED) is 0.787. The molecule has 2 aromatic carbocycles. The highest BCUT2D eigenvalue weighted by Crippen LogP contribution is 2.40. The zero-order valence-corrected chi connectivity index (χ0v) is 15.5. The van der Waals surface area contributed by atoms with Crippen molar-refractivity contribution in [3.8, 4) is 17.2 Å². The Hall–Kier alpha value is -2.93. The fourth-order valence-electron chi connectivity index (χ4n) is 2.48. The number of nitrogens with one attached hydrogen (secondary N) is 1. The SMILES string of the molecule is COc1cc(C(=O)O[C@@H](C)C(=O)Nc2cccc(Cl)c2)cc2c1OCCO2. The van der Waals surface area contributed by atoms with Gasteiger partial charge in [0.05, 0.1) is 12.7 Å². The van der Waals surface area contributed by atoms with Crippen LogP contribution in [0, 0.1) is 0 Å². The Morgan fingerprint density at radius 1 is 1.19 bits per heavy atom. The number of hydrogen-bond donors (Lipinski definition) is 1. The largest absolute Gasteiger partial charge is 0.493 e. The highest BCUT2D eigenvalue weighted by Gasteiger charge is 2.24. The van der Waals surface area contributed by atoms with Crippen molar-refractivity contribution in [2.45, 2.75) is 13.0 Å². The first-order chi connectivity index (χ1) is 13.0. The summed E-state index contributed by atoms with van der Waals surface area (Å²) in [5.41, 5.74) is 0.704. The molecule has 7 nitrogen and oxygen atoms in total. The lowest BCUT2D eigenvalue weighted by Gasteiger charge is -2.21. The van der Waals surface area contributed by atoms with Crippen molar-refractivity contribution < 1.29 is 28.5 Å². The molecular weight excluding hydrogens is 374 g/mol. The van der Waals surface area contributed by atoms with Gasteiger partial charge in [0.15, 0.2) is 17.6 Å². The molecule has 1 heterocycles. The van der Waals surface area contributed by atoms with Crippen LogP contribution in [0.1, 0.15) is 17.3 Å². The summed E-state index contributed by atoms with van der Waals surface area (Å²) < 4.78 is 21.5. The van der Waals surface area contributed by atoms with Crippen LogP contribution < -0.4 is 19.5 Å². The zero-order valence-electron chi connectivity index (χ0n) is 14.8. The standard InChI is InChI=1S/C19H18ClNO6/c1-11(18(22)21-14-5-3-4-13(20)10-14)27-19(23)12-8-15(24-2)17-16(9-12)25-6-7-26-17/h3-5,8-11H,6-7H2,1-2H3,(H,21,22)/t11-/m0/s1. The van der Waals surface area contributed by atoms with Crippen LogP contribution in [0.3, 0.4) is 0 Å². The molecule has 1 atom stereocenters. The van der Waals surface area contributed by atoms with Gasteiger partial charge in [0, 0.05) is 10.7 Å². The minimum atomic E-state index is -1.02. The molecule has 1 aliphatic rings. The fraction of sp³-hybridized carbons (Fsp3) is 0.263. The number of methoxy groups -OCH3 is 1. The van der Waals surface area contributed by atoms with Gasteiger partial charge in [-0.1, -0.05) is 17.7 Å². The van der Waals surface area contributed by atoms with E-state index in [1.165, 1.54) is 26.2 Å². The number of esters is 1. The Kier molecular flexibility index (Phi) is 5.71. The molecule has 1 amide bonds. The predicted molar refractivity (Wildman–Crippen MR) is 98.9 cm³/mol. The second-order valence-corrected chi connectivity index (χ2v) is 6.19. The summed E-state index contributed by atoms with van der Waals surface area (Å²) >= 11 is 5.89. The number of hydrogen-bond acceptors (Lipinski definition) is 6. The maximum absolute atomic E-state index is 12.4. The van der Waals surface area contributed by atoms with Gasteiger partial charge in [-0.2, -0.15) is 0 Å². The van der Waals surface area contributed by atoms with Crippen LogP contribution in [-0.2, 0) is 9.53 Å². The number of halogens is 1. The summed E-state index contributed by atoms with van der Waals surface area (Å²) in [4.78, 5) is 24.7. The van der Waals surface area contributed by atoms with Crippen LogP contribution in [0.4, 0.5) is 5.69 Å². The molecule has 27 heavy (non-hydrogen) atoms. The number of fused-ring (bicyclic) bond motifs is 1. The third-order valence-electron chi connectivity index (χ3n) is 3.81. The van der Waals surface area contributed by atoms with E-state index in [0.29, 0.717) is 41.2 Å². The van der Waals surface area contributed by atoms with Crippen LogP contribution >= 0.6 is 11.6 Å². The van der Waals surface area contributed by atoms with Gasteiger partial charge in [-0.15, -0.1) is 0 Å². The van der Waals surface area contributed by atoms with Crippen LogP contribution in [0.5, 0.6) is 17.2 Å². The van der Waals surface area contributed by atoms with Gasteiger partial charge in [-0.25, -0.2) is 4.79 Å². The van der Waals surface area contributed by atoms with Gasteiger partial charge in [-0.3, -0.25) is 4.79 Å². The molecule has 0 unspecified atom stereocenters. The van der Waals surface area contributed by atoms with E-state index in [0.717, 1.165) is 0 Å². The van der Waals surface area contributed by atoms with E-state index >= 15 is 0 Å². The Balaban J connectivity index is 1.70. The molecule has 0 fully saturated rings. The van der Waals surface area contributed by atoms with Crippen molar-refractivity contribution in [2.24, 2.45) is 0 Å². The van der Waals surface area contributed by atoms with Crippen molar-refractivity contribution in [2.75, 3.05) is 25.6 Å². The molecule has 0 radical (unpaired) electrons. The predicted octanol–water partition coefficient (Wildman–Crippen LogP) is 3.30. The maximum Gasteiger partial charge on any atom is 0.339 e. The van der Waals surface area contributed by atoms with Crippen molar-refractivity contribution in [3.05, 3.63) is 47.0 Å². The Labute approximate surface area is 161 Å². The van der Waals surface area contributed by atoms with Crippen molar-refractivity contribution in [1.29, 1.82) is 0 Å². The number of anilines is 1. The van der Waals surface area contributed by atoms with Crippen LogP contribution in [-0.4, -0.2) is 38.3 Å². The Morgan fingerprint density at radius 2 is 1.96 bits per heavy atom. The van der Waals surface area contributed by atoms with E-state index in [4.69, 9.17) is 30.5 Å². The molecule has 0 aliphatic carbocycles. The molecule has 3 rings (SSSR count). The van der Waals surface area contributed by atoms with Gasteiger partial charge in [0.2, 0.25) is 5.75 Å². The summed E-state index contributed by atoms with van der Waals surface area (Å²) in [6.45, 7) is 2.24. The lowest BCUT2D eigenvalue weighted by atomic mass is 10.1. The normalized spacial score (nSPS) is 13.4. The monoisotopic (exact) mass is 391 g/mol. The lowest BCUT2D eigenvalue weighted by molar-refractivity contribution is -0.123. The summed E-state index contributed by atoms with van der Waals surface area (Å²) in [6.07, 6.45) is -1.02. The average molecular weight is 392 g/mol. The number of benzene rings is 2. The third kappa shape index (κ3) is 4.43.